The summed E-state index contributed by atoms with van der Waals surface area (Å²) in [6.45, 7) is 3.72. The van der Waals surface area contributed by atoms with Crippen molar-refractivity contribution in [2.24, 2.45) is 5.41 Å². The normalized spacial score (nSPS) is 11.8. The van der Waals surface area contributed by atoms with Gasteiger partial charge in [-0.15, -0.1) is 6.58 Å². The fourth-order valence-electron chi connectivity index (χ4n) is 2.79. The average molecular weight is 302 g/mol. The first-order valence-electron chi connectivity index (χ1n) is 7.33. The highest BCUT2D eigenvalue weighted by Gasteiger charge is 2.40. The summed E-state index contributed by atoms with van der Waals surface area (Å²) in [6.07, 6.45) is 1.93. The lowest BCUT2D eigenvalue weighted by atomic mass is 9.68. The summed E-state index contributed by atoms with van der Waals surface area (Å²) in [5.41, 5.74) is 0.641. The summed E-state index contributed by atoms with van der Waals surface area (Å²) in [5, 5.41) is 19.5. The van der Waals surface area contributed by atoms with E-state index in [1.165, 1.54) is 0 Å². The van der Waals surface area contributed by atoms with E-state index in [2.05, 4.69) is 18.7 Å². The molecule has 0 bridgehead atoms. The van der Waals surface area contributed by atoms with E-state index in [4.69, 9.17) is 4.74 Å². The van der Waals surface area contributed by atoms with Crippen LogP contribution in [-0.4, -0.2) is 7.11 Å². The van der Waals surface area contributed by atoms with Crippen molar-refractivity contribution >= 4 is 0 Å². The highest BCUT2D eigenvalue weighted by Crippen LogP contribution is 2.43. The molecule has 2 rings (SSSR count). The van der Waals surface area contributed by atoms with E-state index >= 15 is 0 Å². The molecule has 0 spiro atoms. The molecule has 3 nitrogen and oxygen atoms in total. The van der Waals surface area contributed by atoms with Crippen LogP contribution in [0, 0.1) is 28.1 Å². The van der Waals surface area contributed by atoms with Crippen LogP contribution in [-0.2, 0) is 0 Å². The standard InChI is InChI=1S/C20H18N2O/c1-3-13-20(14-21,15-22)19(16-7-5-4-6-8-16)17-9-11-18(23-2)12-10-17/h3-12,19H,1,13H2,2H3. The first-order chi connectivity index (χ1) is 11.2. The van der Waals surface area contributed by atoms with Gasteiger partial charge in [0.2, 0.25) is 0 Å². The van der Waals surface area contributed by atoms with E-state index in [0.717, 1.165) is 16.9 Å². The molecular formula is C20H18N2O. The molecule has 1 atom stereocenters. The predicted octanol–water partition coefficient (Wildman–Crippen LogP) is 4.44. The second-order valence-corrected chi connectivity index (χ2v) is 5.30. The van der Waals surface area contributed by atoms with Crippen molar-refractivity contribution in [3.05, 3.63) is 78.4 Å². The highest BCUT2D eigenvalue weighted by atomic mass is 16.5. The van der Waals surface area contributed by atoms with Crippen LogP contribution in [0.2, 0.25) is 0 Å². The fourth-order valence-corrected chi connectivity index (χ4v) is 2.79. The Morgan fingerprint density at radius 1 is 1.04 bits per heavy atom. The molecule has 0 saturated carbocycles. The van der Waals surface area contributed by atoms with Crippen molar-refractivity contribution in [3.8, 4) is 17.9 Å². The molecule has 114 valence electrons. The smallest absolute Gasteiger partial charge is 0.158 e. The monoisotopic (exact) mass is 302 g/mol. The van der Waals surface area contributed by atoms with Gasteiger partial charge in [0.15, 0.2) is 5.41 Å². The number of nitrogens with zero attached hydrogens (tertiary/aromatic N) is 2. The van der Waals surface area contributed by atoms with Gasteiger partial charge in [0.05, 0.1) is 19.2 Å². The molecule has 0 saturated heterocycles. The van der Waals surface area contributed by atoms with Gasteiger partial charge >= 0.3 is 0 Å². The van der Waals surface area contributed by atoms with Crippen LogP contribution in [0.15, 0.2) is 67.3 Å². The van der Waals surface area contributed by atoms with Crippen molar-refractivity contribution in [1.29, 1.82) is 10.5 Å². The van der Waals surface area contributed by atoms with Crippen LogP contribution in [0.5, 0.6) is 5.75 Å². The molecule has 0 aliphatic rings. The van der Waals surface area contributed by atoms with Gasteiger partial charge in [-0.3, -0.25) is 0 Å². The van der Waals surface area contributed by atoms with E-state index in [9.17, 15) is 10.5 Å². The second kappa shape index (κ2) is 7.29. The number of ether oxygens (including phenoxy) is 1. The SMILES string of the molecule is C=CCC(C#N)(C#N)C(c1ccccc1)c1ccc(OC)cc1. The molecule has 23 heavy (non-hydrogen) atoms. The van der Waals surface area contributed by atoms with Gasteiger partial charge in [-0.05, 0) is 29.7 Å². The lowest BCUT2D eigenvalue weighted by Gasteiger charge is -2.29. The molecule has 2 aromatic rings. The maximum Gasteiger partial charge on any atom is 0.158 e. The summed E-state index contributed by atoms with van der Waals surface area (Å²) in [6, 6.07) is 21.6. The number of benzene rings is 2. The largest absolute Gasteiger partial charge is 0.497 e. The molecule has 0 heterocycles. The maximum atomic E-state index is 9.76. The van der Waals surface area contributed by atoms with Crippen molar-refractivity contribution in [3.63, 3.8) is 0 Å². The summed E-state index contributed by atoms with van der Waals surface area (Å²) < 4.78 is 5.19. The van der Waals surface area contributed by atoms with Gasteiger partial charge in [0.1, 0.15) is 5.75 Å². The third-order valence-electron chi connectivity index (χ3n) is 3.94. The Kier molecular flexibility index (Phi) is 5.18. The van der Waals surface area contributed by atoms with E-state index in [-0.39, 0.29) is 5.92 Å². The Morgan fingerprint density at radius 3 is 2.09 bits per heavy atom. The molecular weight excluding hydrogens is 284 g/mol. The third kappa shape index (κ3) is 3.25. The molecule has 0 aliphatic heterocycles. The van der Waals surface area contributed by atoms with Crippen molar-refractivity contribution in [2.45, 2.75) is 12.3 Å². The highest BCUT2D eigenvalue weighted by molar-refractivity contribution is 5.43. The van der Waals surface area contributed by atoms with Crippen LogP contribution >= 0.6 is 0 Å². The van der Waals surface area contributed by atoms with E-state index in [1.807, 2.05) is 54.6 Å². The average Bonchev–Trinajstić information content (AvgIpc) is 2.62. The van der Waals surface area contributed by atoms with Gasteiger partial charge in [-0.1, -0.05) is 48.5 Å². The number of rotatable bonds is 6. The number of hydrogen-bond donors (Lipinski definition) is 0. The maximum absolute atomic E-state index is 9.76. The van der Waals surface area contributed by atoms with Crippen LogP contribution in [0.1, 0.15) is 23.5 Å². The Labute approximate surface area is 137 Å². The van der Waals surface area contributed by atoms with Crippen molar-refractivity contribution < 1.29 is 4.74 Å². The Balaban J connectivity index is 2.62. The van der Waals surface area contributed by atoms with Crippen LogP contribution in [0.3, 0.4) is 0 Å². The molecule has 2 aromatic carbocycles. The number of hydrogen-bond acceptors (Lipinski definition) is 3. The molecule has 0 N–H and O–H groups in total. The number of methoxy groups -OCH3 is 1. The van der Waals surface area contributed by atoms with Gasteiger partial charge in [-0.2, -0.15) is 10.5 Å². The van der Waals surface area contributed by atoms with E-state index in [1.54, 1.807) is 13.2 Å². The van der Waals surface area contributed by atoms with Crippen LogP contribution in [0.25, 0.3) is 0 Å². The van der Waals surface area contributed by atoms with E-state index in [0.29, 0.717) is 6.42 Å². The minimum atomic E-state index is -1.20. The Hall–Kier alpha value is -3.04. The molecule has 0 aromatic heterocycles. The predicted molar refractivity (Wildman–Crippen MR) is 89.8 cm³/mol. The lowest BCUT2D eigenvalue weighted by Crippen LogP contribution is -2.26. The first-order valence-corrected chi connectivity index (χ1v) is 7.33. The van der Waals surface area contributed by atoms with Gasteiger partial charge in [0, 0.05) is 5.92 Å². The minimum absolute atomic E-state index is 0.297. The zero-order valence-electron chi connectivity index (χ0n) is 13.1. The molecule has 0 amide bonds. The van der Waals surface area contributed by atoms with Gasteiger partial charge in [0.25, 0.3) is 0 Å². The van der Waals surface area contributed by atoms with Crippen molar-refractivity contribution in [1.82, 2.24) is 0 Å². The summed E-state index contributed by atoms with van der Waals surface area (Å²) in [4.78, 5) is 0. The zero-order chi connectivity index (χ0) is 16.7. The Morgan fingerprint density at radius 2 is 1.61 bits per heavy atom. The summed E-state index contributed by atoms with van der Waals surface area (Å²) in [7, 11) is 1.61. The lowest BCUT2D eigenvalue weighted by molar-refractivity contribution is 0.413. The topological polar surface area (TPSA) is 56.8 Å². The zero-order valence-corrected chi connectivity index (χ0v) is 13.1. The number of allylic oxidation sites excluding steroid dienone is 1. The third-order valence-corrected chi connectivity index (χ3v) is 3.94. The fraction of sp³-hybridized carbons (Fsp3) is 0.200. The van der Waals surface area contributed by atoms with Crippen LogP contribution < -0.4 is 4.74 Å². The van der Waals surface area contributed by atoms with Crippen molar-refractivity contribution in [2.75, 3.05) is 7.11 Å². The molecule has 0 aliphatic carbocycles. The molecule has 0 radical (unpaired) electrons. The minimum Gasteiger partial charge on any atom is -0.497 e. The van der Waals surface area contributed by atoms with E-state index < -0.39 is 5.41 Å². The first kappa shape index (κ1) is 16.3. The number of nitriles is 2. The molecule has 3 heteroatoms. The molecule has 1 unspecified atom stereocenters. The molecule has 0 fully saturated rings. The van der Waals surface area contributed by atoms with Gasteiger partial charge < -0.3 is 4.74 Å². The van der Waals surface area contributed by atoms with Gasteiger partial charge in [-0.25, -0.2) is 0 Å². The second-order valence-electron chi connectivity index (χ2n) is 5.30. The Bertz CT molecular complexity index is 722. The summed E-state index contributed by atoms with van der Waals surface area (Å²) >= 11 is 0. The van der Waals surface area contributed by atoms with Crippen LogP contribution in [0.4, 0.5) is 0 Å². The summed E-state index contributed by atoms with van der Waals surface area (Å²) in [5.74, 6) is 0.381. The quantitative estimate of drug-likeness (QED) is 0.741.